The fourth-order valence-electron chi connectivity index (χ4n) is 3.97. The van der Waals surface area contributed by atoms with Crippen molar-refractivity contribution in [3.05, 3.63) is 118 Å². The lowest BCUT2D eigenvalue weighted by atomic mass is 9.97. The van der Waals surface area contributed by atoms with E-state index in [1.807, 2.05) is 91.9 Å². The maximum atomic E-state index is 13.5. The number of aromatic nitrogens is 1. The van der Waals surface area contributed by atoms with Gasteiger partial charge in [0.15, 0.2) is 0 Å². The predicted molar refractivity (Wildman–Crippen MR) is 143 cm³/mol. The molecule has 4 nitrogen and oxygen atoms in total. The molecule has 5 aromatic rings. The Morgan fingerprint density at radius 1 is 0.829 bits per heavy atom. The number of carbonyl (C=O) groups is 1. The molecular formula is C29H20Cl2N2O2. The van der Waals surface area contributed by atoms with Crippen LogP contribution in [0.2, 0.25) is 10.0 Å². The maximum absolute atomic E-state index is 13.5. The van der Waals surface area contributed by atoms with Gasteiger partial charge >= 0.3 is 0 Å². The van der Waals surface area contributed by atoms with Crippen LogP contribution in [-0.4, -0.2) is 10.9 Å². The second-order valence-electron chi connectivity index (χ2n) is 8.00. The Morgan fingerprint density at radius 3 is 2.26 bits per heavy atom. The molecular weight excluding hydrogens is 479 g/mol. The van der Waals surface area contributed by atoms with Gasteiger partial charge in [-0.3, -0.25) is 4.79 Å². The Kier molecular flexibility index (Phi) is 6.41. The second kappa shape index (κ2) is 9.79. The van der Waals surface area contributed by atoms with Crippen molar-refractivity contribution >= 4 is 45.7 Å². The van der Waals surface area contributed by atoms with Crippen molar-refractivity contribution in [3.8, 4) is 22.8 Å². The molecule has 0 spiro atoms. The van der Waals surface area contributed by atoms with E-state index in [9.17, 15) is 4.79 Å². The Hall–Kier alpha value is -3.86. The van der Waals surface area contributed by atoms with Crippen molar-refractivity contribution in [2.45, 2.75) is 6.92 Å². The van der Waals surface area contributed by atoms with E-state index in [0.717, 1.165) is 22.3 Å². The van der Waals surface area contributed by atoms with Crippen LogP contribution in [0.4, 0.5) is 5.69 Å². The van der Waals surface area contributed by atoms with Crippen molar-refractivity contribution in [3.63, 3.8) is 0 Å². The Labute approximate surface area is 213 Å². The number of hydrogen-bond acceptors (Lipinski definition) is 3. The number of pyridine rings is 1. The highest BCUT2D eigenvalue weighted by Gasteiger charge is 2.20. The quantitative estimate of drug-likeness (QED) is 0.264. The first-order valence-electron chi connectivity index (χ1n) is 11.0. The van der Waals surface area contributed by atoms with Crippen LogP contribution >= 0.6 is 23.2 Å². The zero-order valence-electron chi connectivity index (χ0n) is 18.8. The molecule has 1 heterocycles. The highest BCUT2D eigenvalue weighted by molar-refractivity contribution is 6.36. The minimum absolute atomic E-state index is 0.232. The normalized spacial score (nSPS) is 10.8. The third-order valence-electron chi connectivity index (χ3n) is 5.64. The van der Waals surface area contributed by atoms with Gasteiger partial charge in [-0.05, 0) is 73.2 Å². The number of nitrogens with one attached hydrogen (secondary N) is 1. The van der Waals surface area contributed by atoms with E-state index in [1.54, 1.807) is 12.1 Å². The van der Waals surface area contributed by atoms with Gasteiger partial charge in [-0.2, -0.15) is 0 Å². The van der Waals surface area contributed by atoms with E-state index < -0.39 is 0 Å². The highest BCUT2D eigenvalue weighted by atomic mass is 35.5. The zero-order valence-corrected chi connectivity index (χ0v) is 20.3. The summed E-state index contributed by atoms with van der Waals surface area (Å²) in [5, 5.41) is 4.79. The number of nitrogens with zero attached hydrogens (tertiary/aromatic N) is 1. The smallest absolute Gasteiger partial charge is 0.256 e. The summed E-state index contributed by atoms with van der Waals surface area (Å²) in [5.41, 5.74) is 3.99. The van der Waals surface area contributed by atoms with E-state index in [4.69, 9.17) is 32.9 Å². The molecule has 35 heavy (non-hydrogen) atoms. The number of hydrogen-bond donors (Lipinski definition) is 1. The van der Waals surface area contributed by atoms with Crippen LogP contribution in [0.25, 0.3) is 22.2 Å². The number of anilines is 1. The summed E-state index contributed by atoms with van der Waals surface area (Å²) in [7, 11) is 0. The molecule has 0 bridgehead atoms. The van der Waals surface area contributed by atoms with Gasteiger partial charge < -0.3 is 10.1 Å². The molecule has 6 heteroatoms. The first-order valence-corrected chi connectivity index (χ1v) is 11.7. The molecule has 1 N–H and O–H groups in total. The summed E-state index contributed by atoms with van der Waals surface area (Å²) in [6.07, 6.45) is 0. The zero-order chi connectivity index (χ0) is 24.4. The second-order valence-corrected chi connectivity index (χ2v) is 8.84. The molecule has 1 aromatic heterocycles. The topological polar surface area (TPSA) is 51.2 Å². The van der Waals surface area contributed by atoms with Gasteiger partial charge in [-0.25, -0.2) is 4.98 Å². The van der Waals surface area contributed by atoms with Gasteiger partial charge in [-0.15, -0.1) is 0 Å². The Bertz CT molecular complexity index is 1530. The van der Waals surface area contributed by atoms with Crippen LogP contribution in [0.5, 0.6) is 11.5 Å². The molecule has 0 saturated heterocycles. The molecule has 0 atom stereocenters. The number of para-hydroxylation sites is 2. The lowest BCUT2D eigenvalue weighted by Gasteiger charge is -2.16. The standard InChI is InChI=1S/C29H20Cl2N2O2/c1-18-27(29(34)32-20-12-14-22(15-13-20)35-21-7-3-2-4-8-21)24-9-5-6-10-26(24)33-28(18)23-16-11-19(30)17-25(23)31/h2-17H,1H3,(H,32,34). The van der Waals surface area contributed by atoms with Crippen LogP contribution in [-0.2, 0) is 0 Å². The van der Waals surface area contributed by atoms with E-state index in [2.05, 4.69) is 5.32 Å². The van der Waals surface area contributed by atoms with Crippen LogP contribution in [0.15, 0.2) is 97.1 Å². The molecule has 0 unspecified atom stereocenters. The van der Waals surface area contributed by atoms with Gasteiger partial charge in [0.2, 0.25) is 0 Å². The van der Waals surface area contributed by atoms with Crippen molar-refractivity contribution in [2.24, 2.45) is 0 Å². The van der Waals surface area contributed by atoms with Gasteiger partial charge in [0, 0.05) is 21.7 Å². The highest BCUT2D eigenvalue weighted by Crippen LogP contribution is 2.35. The molecule has 5 rings (SSSR count). The van der Waals surface area contributed by atoms with Crippen molar-refractivity contribution < 1.29 is 9.53 Å². The van der Waals surface area contributed by atoms with Gasteiger partial charge in [0.25, 0.3) is 5.91 Å². The van der Waals surface area contributed by atoms with Gasteiger partial charge in [0.1, 0.15) is 11.5 Å². The number of benzene rings is 4. The summed E-state index contributed by atoms with van der Waals surface area (Å²) >= 11 is 12.6. The number of carbonyl (C=O) groups excluding carboxylic acids is 1. The minimum atomic E-state index is -0.232. The average molecular weight is 499 g/mol. The molecule has 0 radical (unpaired) electrons. The lowest BCUT2D eigenvalue weighted by molar-refractivity contribution is 0.102. The molecule has 0 fully saturated rings. The number of rotatable bonds is 5. The maximum Gasteiger partial charge on any atom is 0.256 e. The molecule has 172 valence electrons. The Morgan fingerprint density at radius 2 is 1.51 bits per heavy atom. The summed E-state index contributed by atoms with van der Waals surface area (Å²) in [6.45, 7) is 1.88. The summed E-state index contributed by atoms with van der Waals surface area (Å²) in [4.78, 5) is 18.3. The molecule has 0 aliphatic heterocycles. The van der Waals surface area contributed by atoms with Crippen LogP contribution in [0, 0.1) is 6.92 Å². The van der Waals surface area contributed by atoms with E-state index >= 15 is 0 Å². The van der Waals surface area contributed by atoms with Gasteiger partial charge in [0.05, 0.1) is 21.8 Å². The van der Waals surface area contributed by atoms with Gasteiger partial charge in [-0.1, -0.05) is 59.6 Å². The van der Waals surface area contributed by atoms with Crippen molar-refractivity contribution in [1.82, 2.24) is 4.98 Å². The first-order chi connectivity index (χ1) is 17.0. The molecule has 1 amide bonds. The summed E-state index contributed by atoms with van der Waals surface area (Å²) < 4.78 is 5.84. The fourth-order valence-corrected chi connectivity index (χ4v) is 4.47. The molecule has 0 aliphatic rings. The molecule has 0 aliphatic carbocycles. The lowest BCUT2D eigenvalue weighted by Crippen LogP contribution is -2.15. The average Bonchev–Trinajstić information content (AvgIpc) is 2.86. The third-order valence-corrected chi connectivity index (χ3v) is 6.19. The summed E-state index contributed by atoms with van der Waals surface area (Å²) in [5.74, 6) is 1.19. The SMILES string of the molecule is Cc1c(-c2ccc(Cl)cc2Cl)nc2ccccc2c1C(=O)Nc1ccc(Oc2ccccc2)cc1. The predicted octanol–water partition coefficient (Wildman–Crippen LogP) is 8.56. The monoisotopic (exact) mass is 498 g/mol. The molecule has 0 saturated carbocycles. The molecule has 4 aromatic carbocycles. The van der Waals surface area contributed by atoms with Crippen molar-refractivity contribution in [1.29, 1.82) is 0 Å². The number of amides is 1. The number of halogens is 2. The van der Waals surface area contributed by atoms with E-state index in [-0.39, 0.29) is 5.91 Å². The van der Waals surface area contributed by atoms with Crippen LogP contribution in [0.3, 0.4) is 0 Å². The van der Waals surface area contributed by atoms with Crippen molar-refractivity contribution in [2.75, 3.05) is 5.32 Å². The number of fused-ring (bicyclic) bond motifs is 1. The number of ether oxygens (including phenoxy) is 1. The third kappa shape index (κ3) is 4.85. The van der Waals surface area contributed by atoms with Crippen LogP contribution < -0.4 is 10.1 Å². The van der Waals surface area contributed by atoms with E-state index in [1.165, 1.54) is 0 Å². The first kappa shape index (κ1) is 22.9. The van der Waals surface area contributed by atoms with E-state index in [0.29, 0.717) is 38.3 Å². The summed E-state index contributed by atoms with van der Waals surface area (Å²) in [6, 6.07) is 29.6. The minimum Gasteiger partial charge on any atom is -0.457 e. The Balaban J connectivity index is 1.49. The largest absolute Gasteiger partial charge is 0.457 e. The van der Waals surface area contributed by atoms with Crippen LogP contribution in [0.1, 0.15) is 15.9 Å². The fraction of sp³-hybridized carbons (Fsp3) is 0.0345.